The van der Waals surface area contributed by atoms with Gasteiger partial charge in [0.2, 0.25) is 5.12 Å². The number of thioether (sulfide) groups is 1. The standard InChI is InChI=1S/C28H22O5S/c1-4-26(29)32-23-14-8-21(9-15-23)22-10-16-25(17-11-22)34-27(30)18-7-20-5-12-24(13-6-20)33-28(31)19(2)3/h4-18H,1-2H2,3H3/b18-7+. The van der Waals surface area contributed by atoms with E-state index in [4.69, 9.17) is 9.47 Å². The van der Waals surface area contributed by atoms with E-state index in [1.807, 2.05) is 36.4 Å². The Hall–Kier alpha value is -4.16. The van der Waals surface area contributed by atoms with Gasteiger partial charge < -0.3 is 9.47 Å². The van der Waals surface area contributed by atoms with Gasteiger partial charge in [-0.2, -0.15) is 0 Å². The molecule has 5 nitrogen and oxygen atoms in total. The van der Waals surface area contributed by atoms with Gasteiger partial charge in [0.25, 0.3) is 0 Å². The molecule has 0 saturated carbocycles. The van der Waals surface area contributed by atoms with Crippen LogP contribution in [-0.2, 0) is 14.4 Å². The van der Waals surface area contributed by atoms with Crippen LogP contribution in [0.2, 0.25) is 0 Å². The second-order valence-electron chi connectivity index (χ2n) is 7.17. The van der Waals surface area contributed by atoms with Crippen LogP contribution in [0.1, 0.15) is 12.5 Å². The first-order valence-corrected chi connectivity index (χ1v) is 11.1. The lowest BCUT2D eigenvalue weighted by atomic mass is 10.1. The summed E-state index contributed by atoms with van der Waals surface area (Å²) in [5.41, 5.74) is 3.06. The molecular formula is C28H22O5S. The van der Waals surface area contributed by atoms with Gasteiger partial charge in [-0.1, -0.05) is 55.6 Å². The summed E-state index contributed by atoms with van der Waals surface area (Å²) < 4.78 is 10.2. The Morgan fingerprint density at radius 3 is 1.88 bits per heavy atom. The first-order chi connectivity index (χ1) is 16.3. The van der Waals surface area contributed by atoms with E-state index >= 15 is 0 Å². The highest BCUT2D eigenvalue weighted by Gasteiger charge is 2.06. The molecule has 0 amide bonds. The molecule has 3 aromatic rings. The maximum absolute atomic E-state index is 12.3. The molecular weight excluding hydrogens is 448 g/mol. The van der Waals surface area contributed by atoms with Crippen molar-refractivity contribution in [1.82, 2.24) is 0 Å². The van der Waals surface area contributed by atoms with Crippen molar-refractivity contribution in [2.75, 3.05) is 0 Å². The zero-order valence-electron chi connectivity index (χ0n) is 18.5. The van der Waals surface area contributed by atoms with Gasteiger partial charge in [-0.3, -0.25) is 4.79 Å². The zero-order chi connectivity index (χ0) is 24.5. The highest BCUT2D eigenvalue weighted by atomic mass is 32.2. The number of esters is 2. The summed E-state index contributed by atoms with van der Waals surface area (Å²) >= 11 is 1.12. The van der Waals surface area contributed by atoms with E-state index in [9.17, 15) is 14.4 Å². The first-order valence-electron chi connectivity index (χ1n) is 10.3. The van der Waals surface area contributed by atoms with Crippen LogP contribution < -0.4 is 9.47 Å². The lowest BCUT2D eigenvalue weighted by Crippen LogP contribution is -2.07. The fourth-order valence-corrected chi connectivity index (χ4v) is 3.38. The van der Waals surface area contributed by atoms with Gasteiger partial charge in [0.15, 0.2) is 0 Å². The minimum Gasteiger partial charge on any atom is -0.423 e. The summed E-state index contributed by atoms with van der Waals surface area (Å²) in [5, 5.41) is -0.112. The average molecular weight is 471 g/mol. The van der Waals surface area contributed by atoms with Crippen molar-refractivity contribution in [3.63, 3.8) is 0 Å². The highest BCUT2D eigenvalue weighted by Crippen LogP contribution is 2.27. The van der Waals surface area contributed by atoms with Gasteiger partial charge in [-0.25, -0.2) is 9.59 Å². The summed E-state index contributed by atoms with van der Waals surface area (Å²) in [5.74, 6) is -0.125. The summed E-state index contributed by atoms with van der Waals surface area (Å²) in [4.78, 5) is 36.0. The van der Waals surface area contributed by atoms with Gasteiger partial charge in [0.05, 0.1) is 0 Å². The predicted molar refractivity (Wildman–Crippen MR) is 134 cm³/mol. The van der Waals surface area contributed by atoms with Crippen LogP contribution in [0.4, 0.5) is 0 Å². The summed E-state index contributed by atoms with van der Waals surface area (Å²) in [6, 6.07) is 21.6. The molecule has 0 N–H and O–H groups in total. The Morgan fingerprint density at radius 2 is 1.32 bits per heavy atom. The monoisotopic (exact) mass is 470 g/mol. The topological polar surface area (TPSA) is 69.7 Å². The molecule has 0 unspecified atom stereocenters. The Morgan fingerprint density at radius 1 is 0.794 bits per heavy atom. The number of hydrogen-bond acceptors (Lipinski definition) is 6. The second kappa shape index (κ2) is 11.6. The number of benzene rings is 3. The second-order valence-corrected chi connectivity index (χ2v) is 8.25. The molecule has 0 aliphatic rings. The quantitative estimate of drug-likeness (QED) is 0.168. The molecule has 0 spiro atoms. The van der Waals surface area contributed by atoms with Gasteiger partial charge in [-0.15, -0.1) is 0 Å². The van der Waals surface area contributed by atoms with Crippen molar-refractivity contribution in [2.45, 2.75) is 11.8 Å². The molecule has 3 rings (SSSR count). The number of carbonyl (C=O) groups excluding carboxylic acids is 3. The van der Waals surface area contributed by atoms with Crippen LogP contribution in [-0.4, -0.2) is 17.1 Å². The zero-order valence-corrected chi connectivity index (χ0v) is 19.3. The van der Waals surface area contributed by atoms with E-state index in [0.717, 1.165) is 39.4 Å². The largest absolute Gasteiger partial charge is 0.423 e. The molecule has 0 aliphatic carbocycles. The van der Waals surface area contributed by atoms with E-state index in [1.54, 1.807) is 49.4 Å². The minimum atomic E-state index is -0.506. The number of ether oxygens (including phenoxy) is 2. The van der Waals surface area contributed by atoms with Crippen LogP contribution in [0, 0.1) is 0 Å². The highest BCUT2D eigenvalue weighted by molar-refractivity contribution is 8.14. The molecule has 170 valence electrons. The van der Waals surface area contributed by atoms with Crippen LogP contribution in [0.15, 0.2) is 109 Å². The van der Waals surface area contributed by atoms with Crippen molar-refractivity contribution >= 4 is 34.9 Å². The van der Waals surface area contributed by atoms with Crippen LogP contribution in [0.5, 0.6) is 11.5 Å². The maximum atomic E-state index is 12.3. The predicted octanol–water partition coefficient (Wildman–Crippen LogP) is 6.26. The van der Waals surface area contributed by atoms with Gasteiger partial charge in [0.1, 0.15) is 11.5 Å². The van der Waals surface area contributed by atoms with Gasteiger partial charge >= 0.3 is 11.9 Å². The van der Waals surface area contributed by atoms with Crippen molar-refractivity contribution in [3.05, 3.63) is 109 Å². The third kappa shape index (κ3) is 7.18. The van der Waals surface area contributed by atoms with E-state index in [0.29, 0.717) is 17.1 Å². The van der Waals surface area contributed by atoms with Crippen molar-refractivity contribution in [2.24, 2.45) is 0 Å². The van der Waals surface area contributed by atoms with E-state index < -0.39 is 11.9 Å². The molecule has 0 fully saturated rings. The number of carbonyl (C=O) groups is 3. The molecule has 0 saturated heterocycles. The van der Waals surface area contributed by atoms with Crippen LogP contribution >= 0.6 is 11.8 Å². The fourth-order valence-electron chi connectivity index (χ4n) is 2.74. The van der Waals surface area contributed by atoms with E-state index in [-0.39, 0.29) is 5.12 Å². The Balaban J connectivity index is 1.55. The first kappa shape index (κ1) is 24.5. The normalized spacial score (nSPS) is 10.5. The molecule has 0 atom stereocenters. The fraction of sp³-hybridized carbons (Fsp3) is 0.0357. The molecule has 0 heterocycles. The molecule has 0 aliphatic heterocycles. The van der Waals surface area contributed by atoms with Crippen molar-refractivity contribution in [1.29, 1.82) is 0 Å². The molecule has 6 heteroatoms. The Kier molecular flexibility index (Phi) is 8.37. The maximum Gasteiger partial charge on any atom is 0.338 e. The lowest BCUT2D eigenvalue weighted by molar-refractivity contribution is -0.130. The van der Waals surface area contributed by atoms with E-state index in [2.05, 4.69) is 13.2 Å². The van der Waals surface area contributed by atoms with Gasteiger partial charge in [0, 0.05) is 16.5 Å². The average Bonchev–Trinajstić information content (AvgIpc) is 2.84. The minimum absolute atomic E-state index is 0.112. The third-order valence-corrected chi connectivity index (χ3v) is 5.34. The SMILES string of the molecule is C=CC(=O)Oc1ccc(-c2ccc(SC(=O)/C=C/c3ccc(OC(=O)C(=C)C)cc3)cc2)cc1. The Bertz CT molecular complexity index is 1240. The lowest BCUT2D eigenvalue weighted by Gasteiger charge is -2.05. The van der Waals surface area contributed by atoms with Crippen LogP contribution in [0.3, 0.4) is 0 Å². The number of rotatable bonds is 8. The molecule has 0 bridgehead atoms. The smallest absolute Gasteiger partial charge is 0.338 e. The number of hydrogen-bond donors (Lipinski definition) is 0. The third-order valence-electron chi connectivity index (χ3n) is 4.50. The van der Waals surface area contributed by atoms with Gasteiger partial charge in [-0.05, 0) is 77.9 Å². The van der Waals surface area contributed by atoms with Crippen molar-refractivity contribution < 1.29 is 23.9 Å². The summed E-state index contributed by atoms with van der Waals surface area (Å²) in [7, 11) is 0. The van der Waals surface area contributed by atoms with Crippen LogP contribution in [0.25, 0.3) is 17.2 Å². The molecule has 0 aromatic heterocycles. The summed E-state index contributed by atoms with van der Waals surface area (Å²) in [6.45, 7) is 8.50. The molecule has 0 radical (unpaired) electrons. The van der Waals surface area contributed by atoms with E-state index in [1.165, 1.54) is 6.08 Å². The molecule has 3 aromatic carbocycles. The van der Waals surface area contributed by atoms with Crippen molar-refractivity contribution in [3.8, 4) is 22.6 Å². The molecule has 34 heavy (non-hydrogen) atoms. The summed E-state index contributed by atoms with van der Waals surface area (Å²) in [6.07, 6.45) is 4.31. The Labute approximate surface area is 202 Å².